The maximum Gasteiger partial charge on any atom is 0.328 e. The van der Waals surface area contributed by atoms with E-state index in [2.05, 4.69) is 33.0 Å². The molecule has 0 aromatic heterocycles. The van der Waals surface area contributed by atoms with Crippen molar-refractivity contribution in [3.05, 3.63) is 0 Å². The Bertz CT molecular complexity index is 261. The Hall–Kier alpha value is -0.610. The standard InChI is InChI=1S/C15H31NO3/c1-7-10-16-15(6,13(17)19-8-2)12-18-11-9-14(3,4)5/h16H,7-12H2,1-6H3. The molecule has 0 fully saturated rings. The highest BCUT2D eigenvalue weighted by atomic mass is 16.5. The lowest BCUT2D eigenvalue weighted by atomic mass is 9.93. The topological polar surface area (TPSA) is 47.6 Å². The number of esters is 1. The first kappa shape index (κ1) is 18.4. The Morgan fingerprint density at radius 3 is 2.26 bits per heavy atom. The van der Waals surface area contributed by atoms with Crippen molar-refractivity contribution >= 4 is 5.97 Å². The van der Waals surface area contributed by atoms with Crippen molar-refractivity contribution in [2.75, 3.05) is 26.4 Å². The largest absolute Gasteiger partial charge is 0.465 e. The minimum absolute atomic E-state index is 0.237. The minimum atomic E-state index is -0.746. The van der Waals surface area contributed by atoms with E-state index < -0.39 is 5.54 Å². The van der Waals surface area contributed by atoms with Crippen LogP contribution in [0.15, 0.2) is 0 Å². The van der Waals surface area contributed by atoms with Gasteiger partial charge in [0, 0.05) is 6.61 Å². The quantitative estimate of drug-likeness (QED) is 0.518. The van der Waals surface area contributed by atoms with Gasteiger partial charge in [0.2, 0.25) is 0 Å². The molecule has 1 unspecified atom stereocenters. The van der Waals surface area contributed by atoms with Crippen LogP contribution in [0.4, 0.5) is 0 Å². The molecule has 0 aliphatic carbocycles. The number of hydrogen-bond acceptors (Lipinski definition) is 4. The Labute approximate surface area is 118 Å². The summed E-state index contributed by atoms with van der Waals surface area (Å²) in [6.45, 7) is 14.4. The van der Waals surface area contributed by atoms with Gasteiger partial charge >= 0.3 is 5.97 Å². The van der Waals surface area contributed by atoms with Crippen molar-refractivity contribution in [2.24, 2.45) is 5.41 Å². The molecule has 4 heteroatoms. The highest BCUT2D eigenvalue weighted by molar-refractivity contribution is 5.80. The van der Waals surface area contributed by atoms with Gasteiger partial charge in [0.15, 0.2) is 0 Å². The van der Waals surface area contributed by atoms with Crippen LogP contribution < -0.4 is 5.32 Å². The fourth-order valence-corrected chi connectivity index (χ4v) is 1.53. The molecule has 114 valence electrons. The van der Waals surface area contributed by atoms with Crippen LogP contribution in [-0.2, 0) is 14.3 Å². The zero-order valence-electron chi connectivity index (χ0n) is 13.5. The van der Waals surface area contributed by atoms with Crippen molar-refractivity contribution in [3.8, 4) is 0 Å². The van der Waals surface area contributed by atoms with E-state index in [0.29, 0.717) is 19.8 Å². The molecule has 0 amide bonds. The highest BCUT2D eigenvalue weighted by Gasteiger charge is 2.34. The van der Waals surface area contributed by atoms with Gasteiger partial charge in [-0.3, -0.25) is 0 Å². The average Bonchev–Trinajstić information content (AvgIpc) is 2.31. The van der Waals surface area contributed by atoms with E-state index in [1.807, 2.05) is 13.8 Å². The summed E-state index contributed by atoms with van der Waals surface area (Å²) >= 11 is 0. The van der Waals surface area contributed by atoms with E-state index in [1.165, 1.54) is 0 Å². The Balaban J connectivity index is 4.30. The van der Waals surface area contributed by atoms with E-state index >= 15 is 0 Å². The van der Waals surface area contributed by atoms with Gasteiger partial charge in [-0.15, -0.1) is 0 Å². The lowest BCUT2D eigenvalue weighted by Gasteiger charge is -2.29. The van der Waals surface area contributed by atoms with Crippen LogP contribution in [0.25, 0.3) is 0 Å². The monoisotopic (exact) mass is 273 g/mol. The molecule has 4 nitrogen and oxygen atoms in total. The number of hydrogen-bond donors (Lipinski definition) is 1. The SMILES string of the molecule is CCCNC(C)(COCCC(C)(C)C)C(=O)OCC. The summed E-state index contributed by atoms with van der Waals surface area (Å²) < 4.78 is 10.8. The van der Waals surface area contributed by atoms with Crippen LogP contribution in [0.1, 0.15) is 54.4 Å². The second-order valence-corrected chi connectivity index (χ2v) is 6.34. The maximum absolute atomic E-state index is 12.0. The van der Waals surface area contributed by atoms with Crippen LogP contribution in [0.2, 0.25) is 0 Å². The summed E-state index contributed by atoms with van der Waals surface area (Å²) in [6.07, 6.45) is 1.94. The molecule has 1 N–H and O–H groups in total. The summed E-state index contributed by atoms with van der Waals surface area (Å²) in [7, 11) is 0. The molecular formula is C15H31NO3. The van der Waals surface area contributed by atoms with Crippen LogP contribution in [0.5, 0.6) is 0 Å². The van der Waals surface area contributed by atoms with E-state index in [-0.39, 0.29) is 11.4 Å². The van der Waals surface area contributed by atoms with Crippen LogP contribution in [0.3, 0.4) is 0 Å². The molecule has 0 heterocycles. The fraction of sp³-hybridized carbons (Fsp3) is 0.933. The first-order valence-corrected chi connectivity index (χ1v) is 7.25. The smallest absolute Gasteiger partial charge is 0.328 e. The molecule has 0 saturated heterocycles. The van der Waals surface area contributed by atoms with Crippen molar-refractivity contribution in [1.29, 1.82) is 0 Å². The molecule has 0 aromatic rings. The number of nitrogens with one attached hydrogen (secondary N) is 1. The summed E-state index contributed by atoms with van der Waals surface area (Å²) in [4.78, 5) is 12.0. The Morgan fingerprint density at radius 2 is 1.79 bits per heavy atom. The normalized spacial score (nSPS) is 15.1. The van der Waals surface area contributed by atoms with Crippen LogP contribution in [0, 0.1) is 5.41 Å². The third-order valence-electron chi connectivity index (χ3n) is 2.88. The predicted molar refractivity (Wildman–Crippen MR) is 78.2 cm³/mol. The Kier molecular flexibility index (Phi) is 8.26. The molecular weight excluding hydrogens is 242 g/mol. The van der Waals surface area contributed by atoms with Crippen molar-refractivity contribution in [3.63, 3.8) is 0 Å². The van der Waals surface area contributed by atoms with Crippen molar-refractivity contribution in [2.45, 2.75) is 59.9 Å². The first-order valence-electron chi connectivity index (χ1n) is 7.25. The lowest BCUT2D eigenvalue weighted by Crippen LogP contribution is -2.54. The van der Waals surface area contributed by atoms with E-state index in [1.54, 1.807) is 0 Å². The summed E-state index contributed by atoms with van der Waals surface area (Å²) in [5.41, 5.74) is -0.499. The van der Waals surface area contributed by atoms with Crippen molar-refractivity contribution in [1.82, 2.24) is 5.32 Å². The van der Waals surface area contributed by atoms with Crippen molar-refractivity contribution < 1.29 is 14.3 Å². The lowest BCUT2D eigenvalue weighted by molar-refractivity contribution is -0.153. The zero-order valence-corrected chi connectivity index (χ0v) is 13.5. The molecule has 0 aromatic carbocycles. The molecule has 0 bridgehead atoms. The third-order valence-corrected chi connectivity index (χ3v) is 2.88. The van der Waals surface area contributed by atoms with E-state index in [4.69, 9.17) is 9.47 Å². The van der Waals surface area contributed by atoms with E-state index in [9.17, 15) is 4.79 Å². The van der Waals surface area contributed by atoms with Gasteiger partial charge in [-0.25, -0.2) is 4.79 Å². The second-order valence-electron chi connectivity index (χ2n) is 6.34. The highest BCUT2D eigenvalue weighted by Crippen LogP contribution is 2.18. The molecule has 0 rings (SSSR count). The number of rotatable bonds is 9. The molecule has 0 spiro atoms. The Morgan fingerprint density at radius 1 is 1.16 bits per heavy atom. The zero-order chi connectivity index (χ0) is 14.9. The minimum Gasteiger partial charge on any atom is -0.465 e. The summed E-state index contributed by atoms with van der Waals surface area (Å²) in [6, 6.07) is 0. The molecule has 0 radical (unpaired) electrons. The molecule has 19 heavy (non-hydrogen) atoms. The van der Waals surface area contributed by atoms with Gasteiger partial charge in [0.05, 0.1) is 13.2 Å². The average molecular weight is 273 g/mol. The van der Waals surface area contributed by atoms with Gasteiger partial charge in [0.25, 0.3) is 0 Å². The van der Waals surface area contributed by atoms with Gasteiger partial charge in [-0.05, 0) is 38.6 Å². The number of carbonyl (C=O) groups is 1. The predicted octanol–water partition coefficient (Wildman–Crippen LogP) is 2.76. The van der Waals surface area contributed by atoms with Gasteiger partial charge in [-0.2, -0.15) is 0 Å². The first-order chi connectivity index (χ1) is 8.75. The van der Waals surface area contributed by atoms with Crippen LogP contribution >= 0.6 is 0 Å². The van der Waals surface area contributed by atoms with Crippen LogP contribution in [-0.4, -0.2) is 37.9 Å². The maximum atomic E-state index is 12.0. The third kappa shape index (κ3) is 8.22. The van der Waals surface area contributed by atoms with E-state index in [0.717, 1.165) is 19.4 Å². The van der Waals surface area contributed by atoms with Gasteiger partial charge < -0.3 is 14.8 Å². The molecule has 0 saturated carbocycles. The molecule has 0 aliphatic heterocycles. The second kappa shape index (κ2) is 8.54. The summed E-state index contributed by atoms with van der Waals surface area (Å²) in [5, 5.41) is 3.23. The fourth-order valence-electron chi connectivity index (χ4n) is 1.53. The summed E-state index contributed by atoms with van der Waals surface area (Å²) in [5.74, 6) is -0.237. The number of ether oxygens (including phenoxy) is 2. The molecule has 1 atom stereocenters. The van der Waals surface area contributed by atoms with Gasteiger partial charge in [-0.1, -0.05) is 27.7 Å². The van der Waals surface area contributed by atoms with Gasteiger partial charge in [0.1, 0.15) is 5.54 Å². The number of carbonyl (C=O) groups excluding carboxylic acids is 1. The molecule has 0 aliphatic rings.